The first-order valence-electron chi connectivity index (χ1n) is 12.2. The monoisotopic (exact) mass is 572 g/mol. The summed E-state index contributed by atoms with van der Waals surface area (Å²) in [5.74, 6) is -2.58. The van der Waals surface area contributed by atoms with E-state index in [1.807, 2.05) is 0 Å². The first-order chi connectivity index (χ1) is 19.0. The second kappa shape index (κ2) is 12.3. The number of nitrogens with one attached hydrogen (secondary N) is 2. The van der Waals surface area contributed by atoms with E-state index in [-0.39, 0.29) is 37.3 Å². The van der Waals surface area contributed by atoms with E-state index in [9.17, 15) is 27.6 Å². The highest BCUT2D eigenvalue weighted by Crippen LogP contribution is 2.27. The summed E-state index contributed by atoms with van der Waals surface area (Å²) in [5.41, 5.74) is 2.84. The minimum Gasteiger partial charge on any atom is -0.481 e. The summed E-state index contributed by atoms with van der Waals surface area (Å²) in [5, 5.41) is 12.5. The van der Waals surface area contributed by atoms with Crippen LogP contribution in [0.25, 0.3) is 10.9 Å². The molecule has 0 bridgehead atoms. The lowest BCUT2D eigenvalue weighted by Crippen LogP contribution is -2.26. The Kier molecular flexibility index (Phi) is 8.79. The van der Waals surface area contributed by atoms with Crippen molar-refractivity contribution in [3.8, 4) is 5.75 Å². The molecule has 1 unspecified atom stereocenters. The number of ketones is 1. The summed E-state index contributed by atoms with van der Waals surface area (Å²) in [6.45, 7) is -0.00495. The van der Waals surface area contributed by atoms with Crippen LogP contribution in [0.4, 0.5) is 13.2 Å². The van der Waals surface area contributed by atoms with Crippen LogP contribution in [0.1, 0.15) is 38.4 Å². The molecule has 4 rings (SSSR count). The molecule has 0 aliphatic carbocycles. The predicted octanol–water partition coefficient (Wildman–Crippen LogP) is 6.21. The molecule has 3 N–H and O–H groups in total. The zero-order valence-electron chi connectivity index (χ0n) is 20.9. The van der Waals surface area contributed by atoms with Gasteiger partial charge in [0.15, 0.2) is 5.78 Å². The molecule has 208 valence electrons. The summed E-state index contributed by atoms with van der Waals surface area (Å²) in [6, 6.07) is 18.9. The zero-order chi connectivity index (χ0) is 28.9. The van der Waals surface area contributed by atoms with Gasteiger partial charge in [0.1, 0.15) is 5.75 Å². The number of alkyl halides is 3. The number of carboxylic acids is 1. The Hall–Kier alpha value is -4.31. The quantitative estimate of drug-likeness (QED) is 0.185. The van der Waals surface area contributed by atoms with Crippen LogP contribution in [0.5, 0.6) is 5.75 Å². The number of carboxylic acid groups (broad SMARTS) is 1. The third-order valence-electron chi connectivity index (χ3n) is 6.18. The standard InChI is InChI=1S/C29H24ClF3N2O5/c30-22-7-10-24-20(15-22)16-25(35-24)27(38)21(14-18-3-8-23(9-4-18)40-29(31,32)33)13-17-1-5-19(6-2-17)28(39)34-12-11-26(36)37/h1-10,15-16,21,35H,11-14H2,(H,34,39)(H,36,37). The number of halogens is 4. The lowest BCUT2D eigenvalue weighted by Gasteiger charge is -2.17. The predicted molar refractivity (Wildman–Crippen MR) is 143 cm³/mol. The van der Waals surface area contributed by atoms with Crippen molar-refractivity contribution in [1.29, 1.82) is 0 Å². The zero-order valence-corrected chi connectivity index (χ0v) is 21.7. The Labute approximate surface area is 231 Å². The lowest BCUT2D eigenvalue weighted by molar-refractivity contribution is -0.274. The van der Waals surface area contributed by atoms with Gasteiger partial charge in [-0.1, -0.05) is 35.9 Å². The molecule has 3 aromatic carbocycles. The number of H-pyrrole nitrogens is 1. The summed E-state index contributed by atoms with van der Waals surface area (Å²) < 4.78 is 41.6. The fourth-order valence-electron chi connectivity index (χ4n) is 4.29. The highest BCUT2D eigenvalue weighted by molar-refractivity contribution is 6.31. The number of aromatic amines is 1. The van der Waals surface area contributed by atoms with Crippen LogP contribution in [-0.2, 0) is 17.6 Å². The van der Waals surface area contributed by atoms with Gasteiger partial charge in [-0.15, -0.1) is 13.2 Å². The molecule has 40 heavy (non-hydrogen) atoms. The van der Waals surface area contributed by atoms with E-state index < -0.39 is 24.2 Å². The van der Waals surface area contributed by atoms with Crippen molar-refractivity contribution in [2.45, 2.75) is 25.6 Å². The largest absolute Gasteiger partial charge is 0.573 e. The van der Waals surface area contributed by atoms with Crippen molar-refractivity contribution >= 4 is 40.2 Å². The SMILES string of the molecule is O=C(O)CCNC(=O)c1ccc(CC(Cc2ccc(OC(F)(F)F)cc2)C(=O)c2cc3cc(Cl)ccc3[nH]2)cc1. The van der Waals surface area contributed by atoms with Gasteiger partial charge in [-0.05, 0) is 72.5 Å². The molecule has 11 heteroatoms. The van der Waals surface area contributed by atoms with Crippen LogP contribution >= 0.6 is 11.6 Å². The highest BCUT2D eigenvalue weighted by atomic mass is 35.5. The minimum absolute atomic E-state index is 0.00495. The van der Waals surface area contributed by atoms with Crippen LogP contribution in [-0.4, -0.2) is 40.7 Å². The molecule has 1 atom stereocenters. The smallest absolute Gasteiger partial charge is 0.481 e. The third kappa shape index (κ3) is 7.86. The number of Topliss-reactive ketones (excluding diaryl/α,β-unsaturated/α-hetero) is 1. The molecule has 4 aromatic rings. The number of rotatable bonds is 11. The number of aromatic nitrogens is 1. The maximum atomic E-state index is 13.7. The molecule has 1 heterocycles. The summed E-state index contributed by atoms with van der Waals surface area (Å²) >= 11 is 6.08. The molecule has 1 aromatic heterocycles. The molecule has 0 radical (unpaired) electrons. The number of fused-ring (bicyclic) bond motifs is 1. The number of carbonyl (C=O) groups excluding carboxylic acids is 2. The number of amides is 1. The fourth-order valence-corrected chi connectivity index (χ4v) is 4.47. The maximum Gasteiger partial charge on any atom is 0.573 e. The van der Waals surface area contributed by atoms with Crippen LogP contribution < -0.4 is 10.1 Å². The molecule has 0 aliphatic heterocycles. The van der Waals surface area contributed by atoms with Gasteiger partial charge in [-0.2, -0.15) is 0 Å². The number of benzene rings is 3. The Morgan fingerprint density at radius 2 is 1.55 bits per heavy atom. The number of hydrogen-bond acceptors (Lipinski definition) is 4. The molecule has 7 nitrogen and oxygen atoms in total. The van der Waals surface area contributed by atoms with Crippen molar-refractivity contribution in [1.82, 2.24) is 10.3 Å². The molecular weight excluding hydrogens is 549 g/mol. The molecule has 0 saturated carbocycles. The Bertz CT molecular complexity index is 1520. The molecule has 0 saturated heterocycles. The maximum absolute atomic E-state index is 13.7. The van der Waals surface area contributed by atoms with Crippen LogP contribution in [0.15, 0.2) is 72.8 Å². The Balaban J connectivity index is 1.54. The van der Waals surface area contributed by atoms with Crippen molar-refractivity contribution in [3.63, 3.8) is 0 Å². The van der Waals surface area contributed by atoms with E-state index in [2.05, 4.69) is 15.0 Å². The summed E-state index contributed by atoms with van der Waals surface area (Å²) in [6.07, 6.45) is -4.48. The number of aliphatic carboxylic acids is 1. The number of ether oxygens (including phenoxy) is 1. The lowest BCUT2D eigenvalue weighted by atomic mass is 9.87. The van der Waals surface area contributed by atoms with Crippen molar-refractivity contribution in [2.75, 3.05) is 6.54 Å². The first-order valence-corrected chi connectivity index (χ1v) is 12.6. The van der Waals surface area contributed by atoms with E-state index in [0.717, 1.165) is 16.5 Å². The van der Waals surface area contributed by atoms with Gasteiger partial charge in [0.05, 0.1) is 12.1 Å². The average molecular weight is 573 g/mol. The summed E-state index contributed by atoms with van der Waals surface area (Å²) in [4.78, 5) is 39.7. The summed E-state index contributed by atoms with van der Waals surface area (Å²) in [7, 11) is 0. The Morgan fingerprint density at radius 3 is 2.15 bits per heavy atom. The topological polar surface area (TPSA) is 108 Å². The number of hydrogen-bond donors (Lipinski definition) is 3. The van der Waals surface area contributed by atoms with E-state index in [1.54, 1.807) is 48.5 Å². The van der Waals surface area contributed by atoms with E-state index in [1.165, 1.54) is 24.3 Å². The van der Waals surface area contributed by atoms with Gasteiger partial charge in [-0.3, -0.25) is 14.4 Å². The minimum atomic E-state index is -4.81. The van der Waals surface area contributed by atoms with Crippen molar-refractivity contribution in [2.24, 2.45) is 5.92 Å². The van der Waals surface area contributed by atoms with Gasteiger partial charge < -0.3 is 20.1 Å². The van der Waals surface area contributed by atoms with E-state index in [0.29, 0.717) is 21.8 Å². The van der Waals surface area contributed by atoms with Crippen LogP contribution in [0.2, 0.25) is 5.02 Å². The first kappa shape index (κ1) is 28.7. The molecule has 1 amide bonds. The molecular formula is C29H24ClF3N2O5. The van der Waals surface area contributed by atoms with Gasteiger partial charge in [0.2, 0.25) is 0 Å². The second-order valence-corrected chi connectivity index (χ2v) is 9.61. The van der Waals surface area contributed by atoms with Crippen LogP contribution in [0.3, 0.4) is 0 Å². The van der Waals surface area contributed by atoms with Gasteiger partial charge in [0, 0.05) is 34.0 Å². The van der Waals surface area contributed by atoms with Crippen LogP contribution in [0, 0.1) is 5.92 Å². The number of carbonyl (C=O) groups is 3. The van der Waals surface area contributed by atoms with Crippen molar-refractivity contribution in [3.05, 3.63) is 100 Å². The fraction of sp³-hybridized carbons (Fsp3) is 0.207. The normalized spacial score (nSPS) is 12.2. The average Bonchev–Trinajstić information content (AvgIpc) is 3.31. The Morgan fingerprint density at radius 1 is 0.925 bits per heavy atom. The van der Waals surface area contributed by atoms with Gasteiger partial charge >= 0.3 is 12.3 Å². The molecule has 0 fully saturated rings. The molecule has 0 aliphatic rings. The van der Waals surface area contributed by atoms with E-state index in [4.69, 9.17) is 16.7 Å². The van der Waals surface area contributed by atoms with Crippen molar-refractivity contribution < 1.29 is 37.4 Å². The molecule has 0 spiro atoms. The highest BCUT2D eigenvalue weighted by Gasteiger charge is 2.31. The second-order valence-electron chi connectivity index (χ2n) is 9.17. The third-order valence-corrected chi connectivity index (χ3v) is 6.42. The van der Waals surface area contributed by atoms with Gasteiger partial charge in [-0.25, -0.2) is 0 Å². The van der Waals surface area contributed by atoms with Gasteiger partial charge in [0.25, 0.3) is 5.91 Å². The van der Waals surface area contributed by atoms with E-state index >= 15 is 0 Å².